The number of nitrogens with zero attached hydrogens (tertiary/aromatic N) is 2. The largest absolute Gasteiger partial charge is 0.343 e. The smallest absolute Gasteiger partial charge is 0.322 e. The van der Waals surface area contributed by atoms with E-state index < -0.39 is 0 Å². The van der Waals surface area contributed by atoms with Crippen LogP contribution in [0.5, 0.6) is 0 Å². The lowest BCUT2D eigenvalue weighted by Gasteiger charge is -2.40. The number of piperidine rings is 1. The van der Waals surface area contributed by atoms with Gasteiger partial charge in [0.2, 0.25) is 5.91 Å². The summed E-state index contributed by atoms with van der Waals surface area (Å²) < 4.78 is 0. The summed E-state index contributed by atoms with van der Waals surface area (Å²) in [5.41, 5.74) is 5.80. The van der Waals surface area contributed by atoms with Gasteiger partial charge in [0.25, 0.3) is 0 Å². The third-order valence-corrected chi connectivity index (χ3v) is 7.63. The number of carbonyl (C=O) groups is 3. The van der Waals surface area contributed by atoms with Gasteiger partial charge in [0, 0.05) is 43.7 Å². The number of carbonyl (C=O) groups excluding carboxylic acids is 3. The molecular weight excluding hydrogens is 438 g/mol. The Balaban J connectivity index is 1.33. The van der Waals surface area contributed by atoms with E-state index in [4.69, 9.17) is 0 Å². The molecular formula is C29H37N3O3. The number of ketones is 1. The first kappa shape index (κ1) is 25.0. The number of urea groups is 1. The number of rotatable bonds is 8. The maximum Gasteiger partial charge on any atom is 0.322 e. The van der Waals surface area contributed by atoms with Crippen LogP contribution in [0.1, 0.15) is 62.3 Å². The zero-order valence-electron chi connectivity index (χ0n) is 21.2. The lowest BCUT2D eigenvalue weighted by atomic mass is 9.89. The number of hydrogen-bond acceptors (Lipinski definition) is 3. The number of amides is 3. The molecule has 4 rings (SSSR count). The van der Waals surface area contributed by atoms with Gasteiger partial charge in [-0.2, -0.15) is 0 Å². The number of anilines is 1. The maximum absolute atomic E-state index is 13.1. The molecule has 1 atom stereocenters. The molecule has 0 saturated carbocycles. The van der Waals surface area contributed by atoms with Crippen molar-refractivity contribution in [1.29, 1.82) is 0 Å². The standard InChI is InChI=1S/C29H37N3O3/c1-4-22-11-10-21(16-23(22)5-2)17-25(20(3)33)18-28(34)31-14-12-26(13-15-31)32-19-24-8-6-7-9-27(24)30-29(32)35/h6-11,16,25-26H,4-5,12-15,17-19H2,1-3H3,(H,30,35). The molecule has 0 radical (unpaired) electrons. The number of aryl methyl sites for hydroxylation is 2. The number of nitrogens with one attached hydrogen (secondary N) is 1. The average molecular weight is 476 g/mol. The number of likely N-dealkylation sites (tertiary alicyclic amines) is 1. The molecule has 2 aliphatic heterocycles. The second-order valence-electron chi connectivity index (χ2n) is 9.85. The lowest BCUT2D eigenvalue weighted by molar-refractivity contribution is -0.136. The molecule has 3 amide bonds. The van der Waals surface area contributed by atoms with Gasteiger partial charge in [0.05, 0.1) is 0 Å². The van der Waals surface area contributed by atoms with Crippen molar-refractivity contribution in [2.45, 2.75) is 71.9 Å². The number of para-hydroxylation sites is 1. The molecule has 1 fully saturated rings. The predicted octanol–water partition coefficient (Wildman–Crippen LogP) is 4.99. The highest BCUT2D eigenvalue weighted by Gasteiger charge is 2.33. The van der Waals surface area contributed by atoms with Crippen LogP contribution in [0.15, 0.2) is 42.5 Å². The van der Waals surface area contributed by atoms with E-state index in [0.717, 1.165) is 42.5 Å². The summed E-state index contributed by atoms with van der Waals surface area (Å²) in [5, 5.41) is 2.99. The Labute approximate surface area is 208 Å². The van der Waals surface area contributed by atoms with Crippen molar-refractivity contribution in [3.63, 3.8) is 0 Å². The van der Waals surface area contributed by atoms with E-state index in [1.807, 2.05) is 34.1 Å². The topological polar surface area (TPSA) is 69.7 Å². The van der Waals surface area contributed by atoms with Crippen LogP contribution in [0.2, 0.25) is 0 Å². The van der Waals surface area contributed by atoms with Crippen LogP contribution >= 0.6 is 0 Å². The van der Waals surface area contributed by atoms with Gasteiger partial charge in [-0.1, -0.05) is 50.2 Å². The fraction of sp³-hybridized carbons (Fsp3) is 0.483. The minimum atomic E-state index is -0.304. The summed E-state index contributed by atoms with van der Waals surface area (Å²) in [6.07, 6.45) is 4.32. The molecule has 0 spiro atoms. The molecule has 1 N–H and O–H groups in total. The Morgan fingerprint density at radius 2 is 1.74 bits per heavy atom. The van der Waals surface area contributed by atoms with Gasteiger partial charge in [-0.05, 0) is 67.3 Å². The van der Waals surface area contributed by atoms with Crippen LogP contribution in [-0.4, -0.2) is 46.7 Å². The Morgan fingerprint density at radius 3 is 2.43 bits per heavy atom. The van der Waals surface area contributed by atoms with E-state index in [1.165, 1.54) is 11.1 Å². The van der Waals surface area contributed by atoms with Gasteiger partial charge in [-0.25, -0.2) is 4.79 Å². The first-order valence-corrected chi connectivity index (χ1v) is 12.9. The van der Waals surface area contributed by atoms with E-state index in [2.05, 4.69) is 37.4 Å². The molecule has 0 aliphatic carbocycles. The van der Waals surface area contributed by atoms with E-state index in [9.17, 15) is 14.4 Å². The van der Waals surface area contributed by atoms with Gasteiger partial charge in [0.15, 0.2) is 0 Å². The van der Waals surface area contributed by atoms with Crippen LogP contribution in [0.3, 0.4) is 0 Å². The second kappa shape index (κ2) is 11.1. The molecule has 1 saturated heterocycles. The van der Waals surface area contributed by atoms with Crippen LogP contribution < -0.4 is 5.32 Å². The van der Waals surface area contributed by atoms with Crippen LogP contribution in [0.25, 0.3) is 0 Å². The Kier molecular flexibility index (Phi) is 7.89. The monoisotopic (exact) mass is 475 g/mol. The molecule has 2 heterocycles. The summed E-state index contributed by atoms with van der Waals surface area (Å²) in [4.78, 5) is 42.0. The van der Waals surface area contributed by atoms with E-state index >= 15 is 0 Å². The van der Waals surface area contributed by atoms with Gasteiger partial charge in [0.1, 0.15) is 5.78 Å². The lowest BCUT2D eigenvalue weighted by Crippen LogP contribution is -2.51. The van der Waals surface area contributed by atoms with Crippen molar-refractivity contribution in [3.8, 4) is 0 Å². The van der Waals surface area contributed by atoms with Gasteiger partial charge in [-0.15, -0.1) is 0 Å². The summed E-state index contributed by atoms with van der Waals surface area (Å²) in [7, 11) is 0. The minimum absolute atomic E-state index is 0.0398. The quantitative estimate of drug-likeness (QED) is 0.585. The summed E-state index contributed by atoms with van der Waals surface area (Å²) in [5.74, 6) is -0.200. The van der Waals surface area contributed by atoms with Crippen molar-refractivity contribution in [3.05, 3.63) is 64.7 Å². The number of Topliss-reactive ketones (excluding diaryl/α,β-unsaturated/α-hetero) is 1. The molecule has 186 valence electrons. The fourth-order valence-electron chi connectivity index (χ4n) is 5.41. The SMILES string of the molecule is CCc1ccc(CC(CC(=O)N2CCC(N3Cc4ccccc4NC3=O)CC2)C(C)=O)cc1CC. The highest BCUT2D eigenvalue weighted by molar-refractivity contribution is 5.92. The zero-order valence-corrected chi connectivity index (χ0v) is 21.2. The van der Waals surface area contributed by atoms with Gasteiger partial charge < -0.3 is 15.1 Å². The van der Waals surface area contributed by atoms with Crippen LogP contribution in [-0.2, 0) is 35.4 Å². The maximum atomic E-state index is 13.1. The van der Waals surface area contributed by atoms with E-state index in [1.54, 1.807) is 6.92 Å². The number of fused-ring (bicyclic) bond motifs is 1. The minimum Gasteiger partial charge on any atom is -0.343 e. The predicted molar refractivity (Wildman–Crippen MR) is 138 cm³/mol. The van der Waals surface area contributed by atoms with Gasteiger partial charge >= 0.3 is 6.03 Å². The number of hydrogen-bond donors (Lipinski definition) is 1. The molecule has 6 nitrogen and oxygen atoms in total. The third kappa shape index (κ3) is 5.75. The zero-order chi connectivity index (χ0) is 24.9. The Bertz CT molecular complexity index is 1090. The van der Waals surface area contributed by atoms with Gasteiger partial charge in [-0.3, -0.25) is 9.59 Å². The first-order valence-electron chi connectivity index (χ1n) is 12.9. The van der Waals surface area contributed by atoms with Crippen molar-refractivity contribution >= 4 is 23.4 Å². The summed E-state index contributed by atoms with van der Waals surface area (Å²) >= 11 is 0. The molecule has 2 aromatic carbocycles. The molecule has 0 bridgehead atoms. The summed E-state index contributed by atoms with van der Waals surface area (Å²) in [6.45, 7) is 7.74. The Morgan fingerprint density at radius 1 is 1.03 bits per heavy atom. The number of benzene rings is 2. The summed E-state index contributed by atoms with van der Waals surface area (Å²) in [6, 6.07) is 14.4. The highest BCUT2D eigenvalue weighted by Crippen LogP contribution is 2.28. The van der Waals surface area contributed by atoms with Crippen LogP contribution in [0, 0.1) is 5.92 Å². The van der Waals surface area contributed by atoms with Crippen molar-refractivity contribution in [1.82, 2.24) is 9.80 Å². The second-order valence-corrected chi connectivity index (χ2v) is 9.85. The molecule has 2 aromatic rings. The normalized spacial score (nSPS) is 17.1. The third-order valence-electron chi connectivity index (χ3n) is 7.63. The average Bonchev–Trinajstić information content (AvgIpc) is 2.87. The van der Waals surface area contributed by atoms with E-state index in [-0.39, 0.29) is 36.1 Å². The fourth-order valence-corrected chi connectivity index (χ4v) is 5.41. The van der Waals surface area contributed by atoms with Crippen molar-refractivity contribution in [2.75, 3.05) is 18.4 Å². The van der Waals surface area contributed by atoms with Crippen molar-refractivity contribution < 1.29 is 14.4 Å². The van der Waals surface area contributed by atoms with Crippen LogP contribution in [0.4, 0.5) is 10.5 Å². The molecule has 0 aromatic heterocycles. The Hall–Kier alpha value is -3.15. The molecule has 2 aliphatic rings. The molecule has 6 heteroatoms. The van der Waals surface area contributed by atoms with Crippen molar-refractivity contribution in [2.24, 2.45) is 5.92 Å². The van der Waals surface area contributed by atoms with E-state index in [0.29, 0.717) is 26.1 Å². The molecule has 35 heavy (non-hydrogen) atoms. The first-order chi connectivity index (χ1) is 16.9. The molecule has 1 unspecified atom stereocenters. The highest BCUT2D eigenvalue weighted by atomic mass is 16.2.